The van der Waals surface area contributed by atoms with Crippen molar-refractivity contribution in [2.75, 3.05) is 5.73 Å². The Bertz CT molecular complexity index is 654. The summed E-state index contributed by atoms with van der Waals surface area (Å²) in [6.45, 7) is 1.52. The number of pyridine rings is 1. The second-order valence-corrected chi connectivity index (χ2v) is 4.21. The van der Waals surface area contributed by atoms with Crippen molar-refractivity contribution in [2.24, 2.45) is 5.73 Å². The van der Waals surface area contributed by atoms with E-state index in [0.717, 1.165) is 0 Å². The molecule has 0 radical (unpaired) electrons. The van der Waals surface area contributed by atoms with E-state index in [9.17, 15) is 9.59 Å². The van der Waals surface area contributed by atoms with Crippen LogP contribution in [0.25, 0.3) is 10.9 Å². The highest BCUT2D eigenvalue weighted by molar-refractivity contribution is 6.07. The summed E-state index contributed by atoms with van der Waals surface area (Å²) in [7, 11) is 0. The molecule has 0 bridgehead atoms. The number of aromatic nitrogens is 1. The van der Waals surface area contributed by atoms with Crippen LogP contribution in [0.1, 0.15) is 17.3 Å². The lowest BCUT2D eigenvalue weighted by molar-refractivity contribution is -0.119. The second kappa shape index (κ2) is 4.93. The molecule has 0 saturated heterocycles. The quantitative estimate of drug-likeness (QED) is 0.740. The monoisotopic (exact) mass is 258 g/mol. The molecule has 1 unspecified atom stereocenters. The van der Waals surface area contributed by atoms with Crippen molar-refractivity contribution < 1.29 is 9.59 Å². The Balaban J connectivity index is 2.44. The Morgan fingerprint density at radius 2 is 2.00 bits per heavy atom. The molecule has 0 spiro atoms. The van der Waals surface area contributed by atoms with Gasteiger partial charge in [0.25, 0.3) is 5.91 Å². The van der Waals surface area contributed by atoms with Crippen LogP contribution in [-0.4, -0.2) is 22.8 Å². The molecule has 2 aromatic rings. The Morgan fingerprint density at radius 1 is 1.32 bits per heavy atom. The molecule has 0 aliphatic rings. The second-order valence-electron chi connectivity index (χ2n) is 4.21. The van der Waals surface area contributed by atoms with Crippen LogP contribution in [0.15, 0.2) is 30.3 Å². The van der Waals surface area contributed by atoms with Gasteiger partial charge in [-0.05, 0) is 19.1 Å². The van der Waals surface area contributed by atoms with Crippen molar-refractivity contribution in [3.63, 3.8) is 0 Å². The number of rotatable bonds is 3. The highest BCUT2D eigenvalue weighted by atomic mass is 16.2. The zero-order valence-corrected chi connectivity index (χ0v) is 10.4. The van der Waals surface area contributed by atoms with Gasteiger partial charge in [0.15, 0.2) is 0 Å². The summed E-state index contributed by atoms with van der Waals surface area (Å²) in [5.41, 5.74) is 11.8. The van der Waals surface area contributed by atoms with E-state index < -0.39 is 17.9 Å². The molecule has 2 rings (SSSR count). The smallest absolute Gasteiger partial charge is 0.252 e. The van der Waals surface area contributed by atoms with Crippen LogP contribution in [0, 0.1) is 0 Å². The molecule has 1 aromatic heterocycles. The average Bonchev–Trinajstić information content (AvgIpc) is 2.37. The van der Waals surface area contributed by atoms with Gasteiger partial charge in [-0.3, -0.25) is 9.59 Å². The first kappa shape index (κ1) is 12.8. The summed E-state index contributed by atoms with van der Waals surface area (Å²) in [4.78, 5) is 27.2. The number of hydrogen-bond acceptors (Lipinski definition) is 4. The summed E-state index contributed by atoms with van der Waals surface area (Å²) in [6.07, 6.45) is 0. The molecule has 1 heterocycles. The minimum absolute atomic E-state index is 0.246. The van der Waals surface area contributed by atoms with E-state index >= 15 is 0 Å². The van der Waals surface area contributed by atoms with E-state index in [4.69, 9.17) is 11.5 Å². The van der Waals surface area contributed by atoms with Gasteiger partial charge >= 0.3 is 0 Å². The Morgan fingerprint density at radius 3 is 2.68 bits per heavy atom. The third kappa shape index (κ3) is 2.62. The van der Waals surface area contributed by atoms with Gasteiger partial charge in [-0.1, -0.05) is 18.2 Å². The maximum atomic E-state index is 12.1. The third-order valence-electron chi connectivity index (χ3n) is 2.75. The van der Waals surface area contributed by atoms with Crippen molar-refractivity contribution in [3.05, 3.63) is 35.9 Å². The van der Waals surface area contributed by atoms with Gasteiger partial charge < -0.3 is 16.8 Å². The standard InChI is InChI=1S/C13H14N4O2/c1-7(12(15)18)16-13(19)9-6-11(14)17-10-5-3-2-4-8(9)10/h2-7H,1H3,(H2,14,17)(H2,15,18)(H,16,19). The molecule has 0 fully saturated rings. The molecule has 1 atom stereocenters. The van der Waals surface area contributed by atoms with Crippen molar-refractivity contribution in [1.29, 1.82) is 0 Å². The summed E-state index contributed by atoms with van der Waals surface area (Å²) in [5, 5.41) is 3.19. The summed E-state index contributed by atoms with van der Waals surface area (Å²) in [5.74, 6) is -0.758. The normalized spacial score (nSPS) is 12.1. The van der Waals surface area contributed by atoms with Crippen LogP contribution in [-0.2, 0) is 4.79 Å². The Kier molecular flexibility index (Phi) is 3.33. The molecule has 19 heavy (non-hydrogen) atoms. The van der Waals surface area contributed by atoms with Crippen LogP contribution < -0.4 is 16.8 Å². The number of nitrogen functional groups attached to an aromatic ring is 1. The van der Waals surface area contributed by atoms with Crippen LogP contribution in [0.2, 0.25) is 0 Å². The number of para-hydroxylation sites is 1. The maximum Gasteiger partial charge on any atom is 0.252 e. The predicted octanol–water partition coefficient (Wildman–Crippen LogP) is 0.421. The molecule has 0 saturated carbocycles. The van der Waals surface area contributed by atoms with E-state index in [2.05, 4.69) is 10.3 Å². The average molecular weight is 258 g/mol. The number of anilines is 1. The van der Waals surface area contributed by atoms with Crippen molar-refractivity contribution in [3.8, 4) is 0 Å². The molecule has 98 valence electrons. The number of nitrogens with one attached hydrogen (secondary N) is 1. The first-order valence-corrected chi connectivity index (χ1v) is 5.74. The number of nitrogens with zero attached hydrogens (tertiary/aromatic N) is 1. The molecule has 5 N–H and O–H groups in total. The lowest BCUT2D eigenvalue weighted by Gasteiger charge is -2.12. The molecule has 1 aromatic carbocycles. The number of primary amides is 1. The molecular formula is C13H14N4O2. The summed E-state index contributed by atoms with van der Waals surface area (Å²) >= 11 is 0. The molecule has 2 amide bonds. The van der Waals surface area contributed by atoms with E-state index in [1.165, 1.54) is 13.0 Å². The van der Waals surface area contributed by atoms with Crippen molar-refractivity contribution in [1.82, 2.24) is 10.3 Å². The largest absolute Gasteiger partial charge is 0.384 e. The summed E-state index contributed by atoms with van der Waals surface area (Å²) < 4.78 is 0. The highest BCUT2D eigenvalue weighted by Gasteiger charge is 2.16. The van der Waals surface area contributed by atoms with Crippen molar-refractivity contribution >= 4 is 28.5 Å². The minimum Gasteiger partial charge on any atom is -0.384 e. The van der Waals surface area contributed by atoms with Crippen molar-refractivity contribution in [2.45, 2.75) is 13.0 Å². The first-order chi connectivity index (χ1) is 8.99. The number of hydrogen-bond donors (Lipinski definition) is 3. The zero-order chi connectivity index (χ0) is 14.0. The number of amides is 2. The van der Waals surface area contributed by atoms with Gasteiger partial charge in [0, 0.05) is 5.39 Å². The topological polar surface area (TPSA) is 111 Å². The van der Waals surface area contributed by atoms with Gasteiger partial charge in [-0.15, -0.1) is 0 Å². The zero-order valence-electron chi connectivity index (χ0n) is 10.4. The van der Waals surface area contributed by atoms with Gasteiger partial charge in [0.05, 0.1) is 11.1 Å². The number of carbonyl (C=O) groups is 2. The minimum atomic E-state index is -0.749. The highest BCUT2D eigenvalue weighted by Crippen LogP contribution is 2.19. The van der Waals surface area contributed by atoms with E-state index in [-0.39, 0.29) is 5.82 Å². The predicted molar refractivity (Wildman–Crippen MR) is 72.3 cm³/mol. The lowest BCUT2D eigenvalue weighted by Crippen LogP contribution is -2.42. The van der Waals surface area contributed by atoms with Gasteiger partial charge in [-0.2, -0.15) is 0 Å². The van der Waals surface area contributed by atoms with E-state index in [1.807, 2.05) is 6.07 Å². The van der Waals surface area contributed by atoms with Crippen LogP contribution in [0.4, 0.5) is 5.82 Å². The fraction of sp³-hybridized carbons (Fsp3) is 0.154. The fourth-order valence-corrected chi connectivity index (χ4v) is 1.73. The Hall–Kier alpha value is -2.63. The van der Waals surface area contributed by atoms with Crippen LogP contribution in [0.5, 0.6) is 0 Å². The lowest BCUT2D eigenvalue weighted by atomic mass is 10.1. The third-order valence-corrected chi connectivity index (χ3v) is 2.75. The SMILES string of the molecule is CC(NC(=O)c1cc(N)nc2ccccc12)C(N)=O. The molecule has 6 nitrogen and oxygen atoms in total. The van der Waals surface area contributed by atoms with Gasteiger partial charge in [-0.25, -0.2) is 4.98 Å². The Labute approximate surface area is 109 Å². The van der Waals surface area contributed by atoms with Crippen LogP contribution >= 0.6 is 0 Å². The van der Waals surface area contributed by atoms with E-state index in [0.29, 0.717) is 16.5 Å². The number of fused-ring (bicyclic) bond motifs is 1. The van der Waals surface area contributed by atoms with E-state index in [1.54, 1.807) is 18.2 Å². The van der Waals surface area contributed by atoms with Gasteiger partial charge in [0.2, 0.25) is 5.91 Å². The van der Waals surface area contributed by atoms with Crippen LogP contribution in [0.3, 0.4) is 0 Å². The maximum absolute atomic E-state index is 12.1. The first-order valence-electron chi connectivity index (χ1n) is 5.74. The number of nitrogens with two attached hydrogens (primary N) is 2. The van der Waals surface area contributed by atoms with Gasteiger partial charge in [0.1, 0.15) is 11.9 Å². The number of benzene rings is 1. The number of carbonyl (C=O) groups excluding carboxylic acids is 2. The molecular weight excluding hydrogens is 244 g/mol. The fourth-order valence-electron chi connectivity index (χ4n) is 1.73. The molecule has 6 heteroatoms. The molecule has 0 aliphatic heterocycles. The molecule has 0 aliphatic carbocycles. The summed E-state index contributed by atoms with van der Waals surface area (Å²) in [6, 6.07) is 7.87.